The molecule has 190 valence electrons. The van der Waals surface area contributed by atoms with Gasteiger partial charge in [-0.15, -0.1) is 11.8 Å². The first-order valence-electron chi connectivity index (χ1n) is 11.8. The molecule has 0 aliphatic carbocycles. The molecule has 0 aliphatic heterocycles. The zero-order chi connectivity index (χ0) is 26.1. The average molecular weight is 527 g/mol. The lowest BCUT2D eigenvalue weighted by Crippen LogP contribution is -2.54. The van der Waals surface area contributed by atoms with Gasteiger partial charge in [0.15, 0.2) is 0 Å². The highest BCUT2D eigenvalue weighted by Gasteiger charge is 2.32. The fourth-order valence-electron chi connectivity index (χ4n) is 3.76. The van der Waals surface area contributed by atoms with Gasteiger partial charge in [0.1, 0.15) is 11.9 Å². The third-order valence-electron chi connectivity index (χ3n) is 5.42. The van der Waals surface area contributed by atoms with Crippen LogP contribution in [0.2, 0.25) is 5.02 Å². The summed E-state index contributed by atoms with van der Waals surface area (Å²) in [4.78, 5) is 28.7. The van der Waals surface area contributed by atoms with E-state index in [4.69, 9.17) is 11.6 Å². The van der Waals surface area contributed by atoms with Crippen molar-refractivity contribution in [3.05, 3.63) is 106 Å². The van der Waals surface area contributed by atoms with Crippen LogP contribution in [0.5, 0.6) is 0 Å². The highest BCUT2D eigenvalue weighted by atomic mass is 35.5. The molecule has 1 N–H and O–H groups in total. The first kappa shape index (κ1) is 27.8. The molecule has 0 saturated carbocycles. The van der Waals surface area contributed by atoms with Gasteiger partial charge in [-0.25, -0.2) is 4.39 Å². The maximum absolute atomic E-state index is 13.6. The molecule has 0 aromatic heterocycles. The SMILES string of the molecule is CC(C)(C)NC(=O)[C@H](Cc1ccccc1)N(Cc1ccc(F)cc1)C(=O)CSCc1cccc(Cl)c1. The Morgan fingerprint density at radius 2 is 1.61 bits per heavy atom. The third kappa shape index (κ3) is 8.99. The van der Waals surface area contributed by atoms with Gasteiger partial charge in [-0.2, -0.15) is 0 Å². The number of thioether (sulfide) groups is 1. The molecule has 0 unspecified atom stereocenters. The zero-order valence-corrected chi connectivity index (χ0v) is 22.4. The quantitative estimate of drug-likeness (QED) is 0.339. The molecule has 0 aliphatic rings. The van der Waals surface area contributed by atoms with E-state index in [1.54, 1.807) is 17.0 Å². The van der Waals surface area contributed by atoms with Gasteiger partial charge in [-0.1, -0.05) is 66.2 Å². The molecule has 0 bridgehead atoms. The number of rotatable bonds is 10. The number of benzene rings is 3. The van der Waals surface area contributed by atoms with Gasteiger partial charge in [0.05, 0.1) is 5.75 Å². The summed E-state index contributed by atoms with van der Waals surface area (Å²) < 4.78 is 13.5. The normalized spacial score (nSPS) is 12.1. The maximum atomic E-state index is 13.6. The van der Waals surface area contributed by atoms with E-state index in [1.807, 2.05) is 75.4 Å². The predicted molar refractivity (Wildman–Crippen MR) is 146 cm³/mol. The van der Waals surface area contributed by atoms with E-state index in [-0.39, 0.29) is 29.9 Å². The average Bonchev–Trinajstić information content (AvgIpc) is 2.82. The highest BCUT2D eigenvalue weighted by Crippen LogP contribution is 2.20. The van der Waals surface area contributed by atoms with Gasteiger partial charge >= 0.3 is 0 Å². The van der Waals surface area contributed by atoms with Crippen molar-refractivity contribution < 1.29 is 14.0 Å². The lowest BCUT2D eigenvalue weighted by Gasteiger charge is -2.34. The Bertz CT molecular complexity index is 1150. The van der Waals surface area contributed by atoms with Crippen molar-refractivity contribution in [3.8, 4) is 0 Å². The van der Waals surface area contributed by atoms with Gasteiger partial charge in [0.2, 0.25) is 11.8 Å². The van der Waals surface area contributed by atoms with Crippen LogP contribution in [-0.4, -0.2) is 34.0 Å². The fourth-order valence-corrected chi connectivity index (χ4v) is 4.83. The second-order valence-electron chi connectivity index (χ2n) is 9.72. The number of amides is 2. The van der Waals surface area contributed by atoms with Crippen molar-refractivity contribution in [2.45, 2.75) is 51.1 Å². The van der Waals surface area contributed by atoms with Crippen LogP contribution in [0.25, 0.3) is 0 Å². The van der Waals surface area contributed by atoms with E-state index in [0.717, 1.165) is 16.7 Å². The highest BCUT2D eigenvalue weighted by molar-refractivity contribution is 7.99. The largest absolute Gasteiger partial charge is 0.350 e. The van der Waals surface area contributed by atoms with Crippen molar-refractivity contribution in [2.24, 2.45) is 0 Å². The van der Waals surface area contributed by atoms with Crippen LogP contribution in [0.15, 0.2) is 78.9 Å². The lowest BCUT2D eigenvalue weighted by molar-refractivity contribution is -0.140. The number of hydrogen-bond donors (Lipinski definition) is 1. The van der Waals surface area contributed by atoms with Crippen molar-refractivity contribution in [1.82, 2.24) is 10.2 Å². The van der Waals surface area contributed by atoms with E-state index in [9.17, 15) is 14.0 Å². The summed E-state index contributed by atoms with van der Waals surface area (Å²) in [6.07, 6.45) is 0.370. The summed E-state index contributed by atoms with van der Waals surface area (Å²) in [5.74, 6) is 0.0914. The molecule has 0 saturated heterocycles. The molecule has 2 amide bonds. The third-order valence-corrected chi connectivity index (χ3v) is 6.64. The number of carbonyl (C=O) groups excluding carboxylic acids is 2. The molecule has 0 fully saturated rings. The topological polar surface area (TPSA) is 49.4 Å². The van der Waals surface area contributed by atoms with Crippen LogP contribution < -0.4 is 5.32 Å². The van der Waals surface area contributed by atoms with Crippen molar-refractivity contribution in [1.29, 1.82) is 0 Å². The Morgan fingerprint density at radius 1 is 0.944 bits per heavy atom. The zero-order valence-electron chi connectivity index (χ0n) is 20.8. The molecule has 0 spiro atoms. The Balaban J connectivity index is 1.86. The molecule has 4 nitrogen and oxygen atoms in total. The maximum Gasteiger partial charge on any atom is 0.243 e. The molecule has 1 atom stereocenters. The van der Waals surface area contributed by atoms with Crippen LogP contribution in [0, 0.1) is 5.82 Å². The summed E-state index contributed by atoms with van der Waals surface area (Å²) >= 11 is 7.56. The van der Waals surface area contributed by atoms with Crippen LogP contribution in [-0.2, 0) is 28.3 Å². The minimum atomic E-state index is -0.726. The number of halogens is 2. The van der Waals surface area contributed by atoms with Crippen LogP contribution in [0.1, 0.15) is 37.5 Å². The van der Waals surface area contributed by atoms with Gasteiger partial charge in [0, 0.05) is 29.3 Å². The molecular formula is C29H32ClFN2O2S. The Morgan fingerprint density at radius 3 is 2.25 bits per heavy atom. The van der Waals surface area contributed by atoms with Gasteiger partial charge in [0.25, 0.3) is 0 Å². The molecule has 7 heteroatoms. The molecule has 0 radical (unpaired) electrons. The molecular weight excluding hydrogens is 495 g/mol. The van der Waals surface area contributed by atoms with Gasteiger partial charge in [-0.3, -0.25) is 9.59 Å². The molecule has 3 aromatic carbocycles. The number of carbonyl (C=O) groups is 2. The second kappa shape index (κ2) is 12.9. The van der Waals surface area contributed by atoms with Crippen LogP contribution in [0.4, 0.5) is 4.39 Å². The van der Waals surface area contributed by atoms with Gasteiger partial charge in [-0.05, 0) is 61.7 Å². The van der Waals surface area contributed by atoms with Gasteiger partial charge < -0.3 is 10.2 Å². The van der Waals surface area contributed by atoms with Crippen LogP contribution >= 0.6 is 23.4 Å². The summed E-state index contributed by atoms with van der Waals surface area (Å²) in [6, 6.07) is 22.5. The Hall–Kier alpha value is -2.83. The van der Waals surface area contributed by atoms with Crippen molar-refractivity contribution >= 4 is 35.2 Å². The van der Waals surface area contributed by atoms with E-state index >= 15 is 0 Å². The molecule has 3 rings (SSSR count). The first-order valence-corrected chi connectivity index (χ1v) is 13.4. The predicted octanol–water partition coefficient (Wildman–Crippen LogP) is 6.27. The first-order chi connectivity index (χ1) is 17.1. The molecule has 0 heterocycles. The monoisotopic (exact) mass is 526 g/mol. The summed E-state index contributed by atoms with van der Waals surface area (Å²) in [6.45, 7) is 5.94. The number of nitrogens with one attached hydrogen (secondary N) is 1. The summed E-state index contributed by atoms with van der Waals surface area (Å²) in [5, 5.41) is 3.70. The van der Waals surface area contributed by atoms with Crippen LogP contribution in [0.3, 0.4) is 0 Å². The van der Waals surface area contributed by atoms with E-state index in [0.29, 0.717) is 17.2 Å². The molecule has 3 aromatic rings. The number of hydrogen-bond acceptors (Lipinski definition) is 3. The summed E-state index contributed by atoms with van der Waals surface area (Å²) in [5.41, 5.74) is 2.27. The number of nitrogens with zero attached hydrogens (tertiary/aromatic N) is 1. The molecule has 36 heavy (non-hydrogen) atoms. The van der Waals surface area contributed by atoms with E-state index < -0.39 is 11.6 Å². The minimum absolute atomic E-state index is 0.156. The lowest BCUT2D eigenvalue weighted by atomic mass is 10.0. The van der Waals surface area contributed by atoms with E-state index in [2.05, 4.69) is 5.32 Å². The summed E-state index contributed by atoms with van der Waals surface area (Å²) in [7, 11) is 0. The Labute approximate surface area is 222 Å². The fraction of sp³-hybridized carbons (Fsp3) is 0.310. The second-order valence-corrected chi connectivity index (χ2v) is 11.1. The minimum Gasteiger partial charge on any atom is -0.350 e. The van der Waals surface area contributed by atoms with Crippen molar-refractivity contribution in [3.63, 3.8) is 0 Å². The van der Waals surface area contributed by atoms with E-state index in [1.165, 1.54) is 23.9 Å². The smallest absolute Gasteiger partial charge is 0.243 e. The standard InChI is InChI=1S/C29H32ClFN2O2S/c1-29(2,3)32-28(35)26(17-21-8-5-4-6-9-21)33(18-22-12-14-25(31)15-13-22)27(34)20-36-19-23-10-7-11-24(30)16-23/h4-16,26H,17-20H2,1-3H3,(H,32,35)/t26-/m0/s1. The van der Waals surface area contributed by atoms with Crippen molar-refractivity contribution in [2.75, 3.05) is 5.75 Å². The Kier molecular flexibility index (Phi) is 9.97.